The van der Waals surface area contributed by atoms with Gasteiger partial charge in [0.25, 0.3) is 0 Å². The minimum absolute atomic E-state index is 0.218. The van der Waals surface area contributed by atoms with Gasteiger partial charge in [0.1, 0.15) is 0 Å². The Labute approximate surface area is 83.6 Å². The number of aryl methyl sites for hydroxylation is 1. The zero-order valence-corrected chi connectivity index (χ0v) is 8.35. The third kappa shape index (κ3) is 1.85. The highest BCUT2D eigenvalue weighted by Crippen LogP contribution is 2.15. The van der Waals surface area contributed by atoms with Crippen molar-refractivity contribution in [1.82, 2.24) is 9.97 Å². The highest BCUT2D eigenvalue weighted by Gasteiger charge is 2.21. The van der Waals surface area contributed by atoms with Gasteiger partial charge < -0.3 is 10.0 Å². The topological polar surface area (TPSA) is 49.2 Å². The lowest BCUT2D eigenvalue weighted by atomic mass is 10.3. The molecule has 0 saturated carbocycles. The summed E-state index contributed by atoms with van der Waals surface area (Å²) in [4.78, 5) is 10.6. The van der Waals surface area contributed by atoms with Gasteiger partial charge in [-0.05, 0) is 18.4 Å². The zero-order chi connectivity index (χ0) is 9.97. The molecule has 0 radical (unpaired) electrons. The summed E-state index contributed by atoms with van der Waals surface area (Å²) in [6, 6.07) is 0. The third-order valence-corrected chi connectivity index (χ3v) is 2.55. The molecule has 1 N–H and O–H groups in total. The van der Waals surface area contributed by atoms with Crippen molar-refractivity contribution >= 4 is 5.95 Å². The molecule has 76 valence electrons. The molecule has 0 bridgehead atoms. The summed E-state index contributed by atoms with van der Waals surface area (Å²) >= 11 is 0. The molecule has 0 spiro atoms. The van der Waals surface area contributed by atoms with Crippen LogP contribution in [0.1, 0.15) is 18.9 Å². The number of aliphatic hydroxyl groups excluding tert-OH is 1. The minimum Gasteiger partial charge on any atom is -0.391 e. The molecule has 0 aliphatic carbocycles. The maximum Gasteiger partial charge on any atom is 0.225 e. The SMILES string of the molecule is CCc1cnc(N2CCC(O)C2)nc1. The Balaban J connectivity index is 2.09. The Morgan fingerprint density at radius 2 is 2.21 bits per heavy atom. The van der Waals surface area contributed by atoms with Crippen LogP contribution in [-0.2, 0) is 6.42 Å². The van der Waals surface area contributed by atoms with Crippen LogP contribution in [0.5, 0.6) is 0 Å². The lowest BCUT2D eigenvalue weighted by molar-refractivity contribution is 0.198. The van der Waals surface area contributed by atoms with E-state index in [9.17, 15) is 5.11 Å². The first kappa shape index (κ1) is 9.40. The summed E-state index contributed by atoms with van der Waals surface area (Å²) in [7, 11) is 0. The van der Waals surface area contributed by atoms with Crippen molar-refractivity contribution in [2.45, 2.75) is 25.9 Å². The summed E-state index contributed by atoms with van der Waals surface area (Å²) in [5, 5.41) is 9.36. The summed E-state index contributed by atoms with van der Waals surface area (Å²) in [6.45, 7) is 3.59. The second kappa shape index (κ2) is 3.92. The molecule has 1 aromatic heterocycles. The van der Waals surface area contributed by atoms with Crippen LogP contribution in [0.2, 0.25) is 0 Å². The highest BCUT2D eigenvalue weighted by molar-refractivity contribution is 5.31. The van der Waals surface area contributed by atoms with E-state index in [1.165, 1.54) is 0 Å². The van der Waals surface area contributed by atoms with Crippen LogP contribution in [0.4, 0.5) is 5.95 Å². The molecule has 14 heavy (non-hydrogen) atoms. The Bertz CT molecular complexity index is 299. The first-order valence-corrected chi connectivity index (χ1v) is 5.03. The van der Waals surface area contributed by atoms with Crippen molar-refractivity contribution in [1.29, 1.82) is 0 Å². The maximum absolute atomic E-state index is 9.36. The highest BCUT2D eigenvalue weighted by atomic mass is 16.3. The van der Waals surface area contributed by atoms with Gasteiger partial charge in [0.15, 0.2) is 0 Å². The van der Waals surface area contributed by atoms with Gasteiger partial charge in [-0.15, -0.1) is 0 Å². The van der Waals surface area contributed by atoms with E-state index in [1.54, 1.807) is 0 Å². The molecule has 1 aromatic rings. The molecule has 1 fully saturated rings. The fourth-order valence-electron chi connectivity index (χ4n) is 1.62. The number of β-amino-alcohol motifs (C(OH)–C–C–N with tert-alkyl or cyclic N) is 1. The van der Waals surface area contributed by atoms with Crippen molar-refractivity contribution in [2.24, 2.45) is 0 Å². The molecule has 4 heteroatoms. The van der Waals surface area contributed by atoms with E-state index in [1.807, 2.05) is 17.3 Å². The number of anilines is 1. The predicted molar refractivity (Wildman–Crippen MR) is 54.2 cm³/mol. The van der Waals surface area contributed by atoms with Gasteiger partial charge in [0.05, 0.1) is 6.10 Å². The molecule has 1 aliphatic heterocycles. The van der Waals surface area contributed by atoms with Crippen molar-refractivity contribution in [3.8, 4) is 0 Å². The zero-order valence-electron chi connectivity index (χ0n) is 8.35. The smallest absolute Gasteiger partial charge is 0.225 e. The maximum atomic E-state index is 9.36. The monoisotopic (exact) mass is 193 g/mol. The molecule has 1 unspecified atom stereocenters. The van der Waals surface area contributed by atoms with Gasteiger partial charge in [-0.1, -0.05) is 6.92 Å². The molecule has 0 amide bonds. The van der Waals surface area contributed by atoms with Crippen LogP contribution in [0, 0.1) is 0 Å². The Morgan fingerprint density at radius 3 is 2.71 bits per heavy atom. The van der Waals surface area contributed by atoms with Crippen LogP contribution >= 0.6 is 0 Å². The number of aromatic nitrogens is 2. The van der Waals surface area contributed by atoms with Crippen molar-refractivity contribution in [2.75, 3.05) is 18.0 Å². The molecular weight excluding hydrogens is 178 g/mol. The average molecular weight is 193 g/mol. The largest absolute Gasteiger partial charge is 0.391 e. The number of hydrogen-bond acceptors (Lipinski definition) is 4. The van der Waals surface area contributed by atoms with Gasteiger partial charge >= 0.3 is 0 Å². The fourth-order valence-corrected chi connectivity index (χ4v) is 1.62. The van der Waals surface area contributed by atoms with Gasteiger partial charge in [0, 0.05) is 25.5 Å². The Morgan fingerprint density at radius 1 is 1.50 bits per heavy atom. The van der Waals surface area contributed by atoms with Crippen molar-refractivity contribution in [3.05, 3.63) is 18.0 Å². The summed E-state index contributed by atoms with van der Waals surface area (Å²) in [6.07, 6.45) is 5.27. The molecule has 1 atom stereocenters. The van der Waals surface area contributed by atoms with Crippen LogP contribution in [0.3, 0.4) is 0 Å². The molecular formula is C10H15N3O. The standard InChI is InChI=1S/C10H15N3O/c1-2-8-5-11-10(12-6-8)13-4-3-9(14)7-13/h5-6,9,14H,2-4,7H2,1H3. The third-order valence-electron chi connectivity index (χ3n) is 2.55. The van der Waals surface area contributed by atoms with E-state index in [0.717, 1.165) is 30.9 Å². The summed E-state index contributed by atoms with van der Waals surface area (Å²) < 4.78 is 0. The molecule has 1 saturated heterocycles. The second-order valence-electron chi connectivity index (χ2n) is 3.63. The molecule has 2 rings (SSSR count). The predicted octanol–water partition coefficient (Wildman–Crippen LogP) is 0.610. The number of rotatable bonds is 2. The average Bonchev–Trinajstić information content (AvgIpc) is 2.65. The normalized spacial score (nSPS) is 21.6. The van der Waals surface area contributed by atoms with Gasteiger partial charge in [-0.25, -0.2) is 9.97 Å². The first-order chi connectivity index (χ1) is 6.79. The van der Waals surface area contributed by atoms with Crippen LogP contribution in [-0.4, -0.2) is 34.3 Å². The second-order valence-corrected chi connectivity index (χ2v) is 3.63. The van der Waals surface area contributed by atoms with E-state index in [4.69, 9.17) is 0 Å². The molecule has 2 heterocycles. The van der Waals surface area contributed by atoms with Crippen LogP contribution in [0.15, 0.2) is 12.4 Å². The van der Waals surface area contributed by atoms with Gasteiger partial charge in [-0.2, -0.15) is 0 Å². The molecule has 1 aliphatic rings. The number of hydrogen-bond donors (Lipinski definition) is 1. The van der Waals surface area contributed by atoms with E-state index in [-0.39, 0.29) is 6.10 Å². The fraction of sp³-hybridized carbons (Fsp3) is 0.600. The van der Waals surface area contributed by atoms with E-state index < -0.39 is 0 Å². The summed E-state index contributed by atoms with van der Waals surface area (Å²) in [5.41, 5.74) is 1.15. The Hall–Kier alpha value is -1.16. The summed E-state index contributed by atoms with van der Waals surface area (Å²) in [5.74, 6) is 0.735. The van der Waals surface area contributed by atoms with E-state index in [2.05, 4.69) is 16.9 Å². The first-order valence-electron chi connectivity index (χ1n) is 5.03. The van der Waals surface area contributed by atoms with Gasteiger partial charge in [-0.3, -0.25) is 0 Å². The van der Waals surface area contributed by atoms with Gasteiger partial charge in [0.2, 0.25) is 5.95 Å². The molecule has 4 nitrogen and oxygen atoms in total. The lowest BCUT2D eigenvalue weighted by Gasteiger charge is -2.14. The number of nitrogens with zero attached hydrogens (tertiary/aromatic N) is 3. The van der Waals surface area contributed by atoms with Crippen molar-refractivity contribution in [3.63, 3.8) is 0 Å². The minimum atomic E-state index is -0.218. The van der Waals surface area contributed by atoms with E-state index >= 15 is 0 Å². The van der Waals surface area contributed by atoms with Crippen LogP contribution in [0.25, 0.3) is 0 Å². The quantitative estimate of drug-likeness (QED) is 0.747. The van der Waals surface area contributed by atoms with E-state index in [0.29, 0.717) is 6.54 Å². The Kier molecular flexibility index (Phi) is 2.63. The lowest BCUT2D eigenvalue weighted by Crippen LogP contribution is -2.23. The van der Waals surface area contributed by atoms with Crippen molar-refractivity contribution < 1.29 is 5.11 Å². The molecule has 0 aromatic carbocycles. The van der Waals surface area contributed by atoms with Crippen LogP contribution < -0.4 is 4.90 Å². The number of aliphatic hydroxyl groups is 1.